The number of amides is 1. The van der Waals surface area contributed by atoms with Crippen LogP contribution in [0, 0.1) is 0 Å². The number of hydrogen-bond acceptors (Lipinski definition) is 7. The minimum absolute atomic E-state index is 0.0862. The molecule has 36 heavy (non-hydrogen) atoms. The van der Waals surface area contributed by atoms with Crippen molar-refractivity contribution >= 4 is 34.5 Å². The molecule has 1 amide bonds. The zero-order chi connectivity index (χ0) is 25.5. The van der Waals surface area contributed by atoms with E-state index in [1.165, 1.54) is 30.3 Å². The Balaban J connectivity index is 1.36. The van der Waals surface area contributed by atoms with Crippen molar-refractivity contribution in [2.75, 3.05) is 13.2 Å². The quantitative estimate of drug-likeness (QED) is 0.0984. The van der Waals surface area contributed by atoms with Crippen LogP contribution in [0.3, 0.4) is 0 Å². The minimum atomic E-state index is -0.451. The lowest BCUT2D eigenvalue weighted by Crippen LogP contribution is -2.20. The lowest BCUT2D eigenvalue weighted by Gasteiger charge is -2.12. The Hall–Kier alpha value is -4.27. The number of carbonyl (C=O) groups is 1. The molecule has 0 heterocycles. The van der Waals surface area contributed by atoms with Crippen LogP contribution in [0.25, 0.3) is 10.8 Å². The van der Waals surface area contributed by atoms with Gasteiger partial charge in [0.15, 0.2) is 11.5 Å². The Bertz CT molecular complexity index is 1420. The van der Waals surface area contributed by atoms with Crippen LogP contribution in [-0.4, -0.2) is 40.6 Å². The highest BCUT2D eigenvalue weighted by atomic mass is 35.5. The SMILES string of the molecule is O=C(N/N=C/c1ccc(OCCNCc2ccc(O)c(O)c2)c2ccccc12)c1ccc(O)c(Cl)c1. The molecule has 0 saturated heterocycles. The normalized spacial score (nSPS) is 11.1. The van der Waals surface area contributed by atoms with E-state index in [9.17, 15) is 20.1 Å². The highest BCUT2D eigenvalue weighted by Gasteiger charge is 2.09. The highest BCUT2D eigenvalue weighted by Crippen LogP contribution is 2.28. The minimum Gasteiger partial charge on any atom is -0.506 e. The summed E-state index contributed by atoms with van der Waals surface area (Å²) < 4.78 is 5.98. The molecule has 0 aliphatic heterocycles. The van der Waals surface area contributed by atoms with Crippen molar-refractivity contribution in [1.29, 1.82) is 0 Å². The first-order chi connectivity index (χ1) is 17.4. The molecule has 0 aliphatic rings. The Morgan fingerprint density at radius 3 is 2.47 bits per heavy atom. The van der Waals surface area contributed by atoms with Crippen molar-refractivity contribution in [1.82, 2.24) is 10.7 Å². The van der Waals surface area contributed by atoms with Gasteiger partial charge in [-0.05, 0) is 53.4 Å². The molecule has 184 valence electrons. The zero-order valence-electron chi connectivity index (χ0n) is 19.1. The van der Waals surface area contributed by atoms with E-state index >= 15 is 0 Å². The van der Waals surface area contributed by atoms with Gasteiger partial charge in [0.25, 0.3) is 5.91 Å². The number of ether oxygens (including phenoxy) is 1. The van der Waals surface area contributed by atoms with Gasteiger partial charge in [0.2, 0.25) is 0 Å². The number of phenols is 3. The van der Waals surface area contributed by atoms with Crippen LogP contribution in [0.1, 0.15) is 21.5 Å². The van der Waals surface area contributed by atoms with Crippen LogP contribution >= 0.6 is 11.6 Å². The van der Waals surface area contributed by atoms with Crippen LogP contribution in [0.4, 0.5) is 0 Å². The van der Waals surface area contributed by atoms with Gasteiger partial charge in [-0.25, -0.2) is 5.43 Å². The molecule has 0 bridgehead atoms. The molecule has 9 heteroatoms. The van der Waals surface area contributed by atoms with Gasteiger partial charge in [0.1, 0.15) is 18.1 Å². The topological polar surface area (TPSA) is 123 Å². The number of hydrazone groups is 1. The van der Waals surface area contributed by atoms with Crippen molar-refractivity contribution in [2.45, 2.75) is 6.54 Å². The third-order valence-corrected chi connectivity index (χ3v) is 5.71. The Morgan fingerprint density at radius 1 is 0.917 bits per heavy atom. The maximum absolute atomic E-state index is 12.3. The van der Waals surface area contributed by atoms with Crippen molar-refractivity contribution in [3.05, 3.63) is 94.5 Å². The number of phenolic OH excluding ortho intramolecular Hbond substituents is 3. The van der Waals surface area contributed by atoms with Gasteiger partial charge in [-0.3, -0.25) is 4.79 Å². The highest BCUT2D eigenvalue weighted by molar-refractivity contribution is 6.32. The van der Waals surface area contributed by atoms with Crippen LogP contribution in [0.2, 0.25) is 5.02 Å². The lowest BCUT2D eigenvalue weighted by molar-refractivity contribution is 0.0955. The number of hydrogen-bond donors (Lipinski definition) is 5. The molecule has 8 nitrogen and oxygen atoms in total. The fourth-order valence-electron chi connectivity index (χ4n) is 3.55. The molecule has 0 radical (unpaired) electrons. The molecule has 4 rings (SSSR count). The van der Waals surface area contributed by atoms with Gasteiger partial charge in [0.05, 0.1) is 11.2 Å². The molecule has 0 atom stereocenters. The van der Waals surface area contributed by atoms with E-state index in [4.69, 9.17) is 16.3 Å². The maximum Gasteiger partial charge on any atom is 0.271 e. The van der Waals surface area contributed by atoms with E-state index in [1.54, 1.807) is 12.3 Å². The molecule has 4 aromatic rings. The van der Waals surface area contributed by atoms with Gasteiger partial charge < -0.3 is 25.4 Å². The van der Waals surface area contributed by atoms with Gasteiger partial charge in [0, 0.05) is 29.6 Å². The zero-order valence-corrected chi connectivity index (χ0v) is 19.9. The van der Waals surface area contributed by atoms with Gasteiger partial charge >= 0.3 is 0 Å². The summed E-state index contributed by atoms with van der Waals surface area (Å²) in [6.45, 7) is 1.52. The van der Waals surface area contributed by atoms with Crippen LogP contribution in [-0.2, 0) is 6.54 Å². The monoisotopic (exact) mass is 505 g/mol. The Labute approximate surface area is 212 Å². The van der Waals surface area contributed by atoms with Crippen molar-refractivity contribution in [3.63, 3.8) is 0 Å². The van der Waals surface area contributed by atoms with E-state index in [2.05, 4.69) is 15.8 Å². The summed E-state index contributed by atoms with van der Waals surface area (Å²) in [4.78, 5) is 12.3. The number of halogens is 1. The maximum atomic E-state index is 12.3. The van der Waals surface area contributed by atoms with E-state index in [1.807, 2.05) is 36.4 Å². The first-order valence-corrected chi connectivity index (χ1v) is 11.5. The Kier molecular flexibility index (Phi) is 7.89. The molecule has 0 aliphatic carbocycles. The molecule has 0 saturated carbocycles. The summed E-state index contributed by atoms with van der Waals surface area (Å²) in [7, 11) is 0. The standard InChI is InChI=1S/C27H24ClN3O5/c28-22-14-18(6-9-23(22)32)27(35)31-30-16-19-7-10-26(21-4-2-1-3-20(19)21)36-12-11-29-15-17-5-8-24(33)25(34)13-17/h1-10,13-14,16,29,32-34H,11-12,15H2,(H,31,35)/b30-16+. The molecule has 0 unspecified atom stereocenters. The second kappa shape index (κ2) is 11.4. The predicted octanol–water partition coefficient (Wildman–Crippen LogP) is 4.54. The molecular formula is C27H24ClN3O5. The molecule has 0 fully saturated rings. The van der Waals surface area contributed by atoms with E-state index in [0.717, 1.165) is 27.6 Å². The fourth-order valence-corrected chi connectivity index (χ4v) is 3.73. The fraction of sp³-hybridized carbons (Fsp3) is 0.111. The molecular weight excluding hydrogens is 482 g/mol. The van der Waals surface area contributed by atoms with Crippen molar-refractivity contribution < 1.29 is 24.9 Å². The van der Waals surface area contributed by atoms with Crippen molar-refractivity contribution in [2.24, 2.45) is 5.10 Å². The van der Waals surface area contributed by atoms with E-state index in [0.29, 0.717) is 19.7 Å². The van der Waals surface area contributed by atoms with Gasteiger partial charge in [-0.15, -0.1) is 0 Å². The van der Waals surface area contributed by atoms with Crippen molar-refractivity contribution in [3.8, 4) is 23.0 Å². The summed E-state index contributed by atoms with van der Waals surface area (Å²) in [5, 5.41) is 37.7. The summed E-state index contributed by atoms with van der Waals surface area (Å²) in [5.74, 6) is -0.127. The van der Waals surface area contributed by atoms with Crippen LogP contribution < -0.4 is 15.5 Å². The van der Waals surface area contributed by atoms with Gasteiger partial charge in [-0.2, -0.15) is 5.10 Å². The number of benzene rings is 4. The largest absolute Gasteiger partial charge is 0.506 e. The predicted molar refractivity (Wildman–Crippen MR) is 139 cm³/mol. The average molecular weight is 506 g/mol. The first-order valence-electron chi connectivity index (χ1n) is 11.1. The lowest BCUT2D eigenvalue weighted by atomic mass is 10.0. The second-order valence-corrected chi connectivity index (χ2v) is 8.32. The van der Waals surface area contributed by atoms with E-state index in [-0.39, 0.29) is 27.8 Å². The number of carbonyl (C=O) groups excluding carboxylic acids is 1. The summed E-state index contributed by atoms with van der Waals surface area (Å²) in [6.07, 6.45) is 1.56. The number of rotatable bonds is 9. The van der Waals surface area contributed by atoms with Crippen LogP contribution in [0.15, 0.2) is 77.9 Å². The Morgan fingerprint density at radius 2 is 1.69 bits per heavy atom. The first kappa shape index (κ1) is 24.8. The summed E-state index contributed by atoms with van der Waals surface area (Å²) >= 11 is 5.86. The van der Waals surface area contributed by atoms with E-state index < -0.39 is 5.91 Å². The van der Waals surface area contributed by atoms with Crippen LogP contribution in [0.5, 0.6) is 23.0 Å². The number of fused-ring (bicyclic) bond motifs is 1. The summed E-state index contributed by atoms with van der Waals surface area (Å²) in [6, 6.07) is 20.3. The second-order valence-electron chi connectivity index (χ2n) is 7.91. The average Bonchev–Trinajstić information content (AvgIpc) is 2.88. The van der Waals surface area contributed by atoms with Gasteiger partial charge in [-0.1, -0.05) is 41.9 Å². The third kappa shape index (κ3) is 6.04. The number of aromatic hydroxyl groups is 3. The molecule has 5 N–H and O–H groups in total. The molecule has 4 aromatic carbocycles. The number of nitrogens with one attached hydrogen (secondary N) is 2. The molecule has 0 aromatic heterocycles. The number of nitrogens with zero attached hydrogens (tertiary/aromatic N) is 1. The third-order valence-electron chi connectivity index (χ3n) is 5.40. The summed E-state index contributed by atoms with van der Waals surface area (Å²) in [5.41, 5.74) is 4.39. The molecule has 0 spiro atoms. The smallest absolute Gasteiger partial charge is 0.271 e.